The van der Waals surface area contributed by atoms with Gasteiger partial charge in [-0.2, -0.15) is 0 Å². The second kappa shape index (κ2) is 10.3. The second-order valence-corrected chi connectivity index (χ2v) is 7.84. The normalized spacial score (nSPS) is 11.6. The smallest absolute Gasteiger partial charge is 0.261 e. The standard InChI is InChI=1S/C24H25BrN2O4/c1-16(24(29)26-2)27(14-17-8-11-19(30-3)12-9-17)22(28)15-31-21-13-10-18-6-4-5-7-20(18)23(21)25/h4-13,16H,14-15H2,1-3H3,(H,26,29)/t16-/m1/s1. The average molecular weight is 485 g/mol. The number of methoxy groups -OCH3 is 1. The molecule has 3 aromatic rings. The van der Waals surface area contributed by atoms with Gasteiger partial charge in [-0.05, 0) is 57.4 Å². The van der Waals surface area contributed by atoms with Crippen LogP contribution in [0.1, 0.15) is 12.5 Å². The first kappa shape index (κ1) is 22.6. The molecule has 1 atom stereocenters. The second-order valence-electron chi connectivity index (χ2n) is 7.05. The average Bonchev–Trinajstić information content (AvgIpc) is 2.81. The highest BCUT2D eigenvalue weighted by Gasteiger charge is 2.26. The summed E-state index contributed by atoms with van der Waals surface area (Å²) in [6, 6.07) is 18.4. The van der Waals surface area contributed by atoms with Crippen molar-refractivity contribution in [3.05, 3.63) is 70.7 Å². The number of hydrogen-bond donors (Lipinski definition) is 1. The van der Waals surface area contributed by atoms with Gasteiger partial charge < -0.3 is 19.7 Å². The minimum atomic E-state index is -0.650. The van der Waals surface area contributed by atoms with E-state index < -0.39 is 6.04 Å². The number of likely N-dealkylation sites (N-methyl/N-ethyl adjacent to an activating group) is 1. The fourth-order valence-electron chi connectivity index (χ4n) is 3.27. The van der Waals surface area contributed by atoms with Crippen LogP contribution in [0.15, 0.2) is 65.1 Å². The summed E-state index contributed by atoms with van der Waals surface area (Å²) >= 11 is 3.57. The van der Waals surface area contributed by atoms with Crippen LogP contribution in [-0.2, 0) is 16.1 Å². The molecule has 0 radical (unpaired) electrons. The molecular weight excluding hydrogens is 460 g/mol. The van der Waals surface area contributed by atoms with E-state index in [1.54, 1.807) is 21.1 Å². The third-order valence-electron chi connectivity index (χ3n) is 5.10. The predicted molar refractivity (Wildman–Crippen MR) is 124 cm³/mol. The Labute approximate surface area is 190 Å². The summed E-state index contributed by atoms with van der Waals surface area (Å²) in [5.74, 6) is 0.773. The molecule has 7 heteroatoms. The number of rotatable bonds is 8. The van der Waals surface area contributed by atoms with Crippen molar-refractivity contribution in [2.75, 3.05) is 20.8 Å². The van der Waals surface area contributed by atoms with Crippen LogP contribution in [0.5, 0.6) is 11.5 Å². The molecule has 0 spiro atoms. The van der Waals surface area contributed by atoms with Crippen molar-refractivity contribution in [2.24, 2.45) is 0 Å². The lowest BCUT2D eigenvalue weighted by atomic mass is 10.1. The molecule has 0 saturated carbocycles. The first-order valence-corrected chi connectivity index (χ1v) is 10.7. The number of hydrogen-bond acceptors (Lipinski definition) is 4. The van der Waals surface area contributed by atoms with Crippen LogP contribution >= 0.6 is 15.9 Å². The van der Waals surface area contributed by atoms with E-state index in [2.05, 4.69) is 21.2 Å². The van der Waals surface area contributed by atoms with E-state index in [0.717, 1.165) is 26.6 Å². The Morgan fingerprint density at radius 3 is 2.45 bits per heavy atom. The van der Waals surface area contributed by atoms with Crippen molar-refractivity contribution >= 4 is 38.5 Å². The van der Waals surface area contributed by atoms with E-state index >= 15 is 0 Å². The monoisotopic (exact) mass is 484 g/mol. The minimum Gasteiger partial charge on any atom is -0.497 e. The van der Waals surface area contributed by atoms with Gasteiger partial charge >= 0.3 is 0 Å². The minimum absolute atomic E-state index is 0.186. The number of nitrogens with one attached hydrogen (secondary N) is 1. The zero-order chi connectivity index (χ0) is 22.4. The van der Waals surface area contributed by atoms with E-state index in [-0.39, 0.29) is 25.0 Å². The number of carbonyl (C=O) groups is 2. The maximum atomic E-state index is 13.1. The zero-order valence-corrected chi connectivity index (χ0v) is 19.3. The van der Waals surface area contributed by atoms with E-state index in [9.17, 15) is 9.59 Å². The molecule has 2 amide bonds. The molecule has 0 saturated heterocycles. The maximum Gasteiger partial charge on any atom is 0.261 e. The van der Waals surface area contributed by atoms with Gasteiger partial charge in [-0.1, -0.05) is 42.5 Å². The Kier molecular flexibility index (Phi) is 7.52. The van der Waals surface area contributed by atoms with Crippen molar-refractivity contribution in [2.45, 2.75) is 19.5 Å². The van der Waals surface area contributed by atoms with Crippen molar-refractivity contribution in [1.82, 2.24) is 10.2 Å². The number of nitrogens with zero attached hydrogens (tertiary/aromatic N) is 1. The molecule has 3 aromatic carbocycles. The number of benzene rings is 3. The summed E-state index contributed by atoms with van der Waals surface area (Å²) in [7, 11) is 3.15. The highest BCUT2D eigenvalue weighted by molar-refractivity contribution is 9.10. The number of halogens is 1. The first-order valence-electron chi connectivity index (χ1n) is 9.88. The van der Waals surface area contributed by atoms with E-state index in [1.807, 2.05) is 60.7 Å². The summed E-state index contributed by atoms with van der Waals surface area (Å²) in [5.41, 5.74) is 0.886. The van der Waals surface area contributed by atoms with Crippen LogP contribution in [-0.4, -0.2) is 43.5 Å². The predicted octanol–water partition coefficient (Wildman–Crippen LogP) is 4.15. The molecule has 0 aromatic heterocycles. The Morgan fingerprint density at radius 1 is 1.06 bits per heavy atom. The molecule has 0 heterocycles. The SMILES string of the molecule is CNC(=O)[C@@H](C)N(Cc1ccc(OC)cc1)C(=O)COc1ccc2ccccc2c1Br. The molecule has 6 nitrogen and oxygen atoms in total. The van der Waals surface area contributed by atoms with Gasteiger partial charge in [0.2, 0.25) is 5.91 Å². The number of ether oxygens (including phenoxy) is 2. The molecule has 1 N–H and O–H groups in total. The van der Waals surface area contributed by atoms with Gasteiger partial charge in [0.25, 0.3) is 5.91 Å². The molecule has 0 aliphatic heterocycles. The summed E-state index contributed by atoms with van der Waals surface area (Å²) in [6.45, 7) is 1.79. The van der Waals surface area contributed by atoms with Gasteiger partial charge in [0.1, 0.15) is 17.5 Å². The highest BCUT2D eigenvalue weighted by Crippen LogP contribution is 2.33. The largest absolute Gasteiger partial charge is 0.497 e. The van der Waals surface area contributed by atoms with Crippen LogP contribution < -0.4 is 14.8 Å². The fraction of sp³-hybridized carbons (Fsp3) is 0.250. The van der Waals surface area contributed by atoms with Crippen molar-refractivity contribution < 1.29 is 19.1 Å². The van der Waals surface area contributed by atoms with Crippen molar-refractivity contribution in [3.63, 3.8) is 0 Å². The van der Waals surface area contributed by atoms with Gasteiger partial charge in [0.15, 0.2) is 6.61 Å². The number of fused-ring (bicyclic) bond motifs is 1. The van der Waals surface area contributed by atoms with Crippen LogP contribution in [0.4, 0.5) is 0 Å². The van der Waals surface area contributed by atoms with Crippen LogP contribution in [0, 0.1) is 0 Å². The van der Waals surface area contributed by atoms with E-state index in [1.165, 1.54) is 4.90 Å². The lowest BCUT2D eigenvalue weighted by molar-refractivity contribution is -0.142. The Hall–Kier alpha value is -3.06. The Bertz CT molecular complexity index is 1070. The van der Waals surface area contributed by atoms with Crippen LogP contribution in [0.3, 0.4) is 0 Å². The lowest BCUT2D eigenvalue weighted by Gasteiger charge is -2.28. The Balaban J connectivity index is 1.77. The summed E-state index contributed by atoms with van der Waals surface area (Å²) in [6.07, 6.45) is 0. The maximum absolute atomic E-state index is 13.1. The van der Waals surface area contributed by atoms with Crippen LogP contribution in [0.25, 0.3) is 10.8 Å². The van der Waals surface area contributed by atoms with Gasteiger partial charge in [0.05, 0.1) is 11.6 Å². The molecule has 0 aliphatic rings. The van der Waals surface area contributed by atoms with Gasteiger partial charge in [-0.3, -0.25) is 9.59 Å². The summed E-state index contributed by atoms with van der Waals surface area (Å²) < 4.78 is 11.8. The topological polar surface area (TPSA) is 67.9 Å². The first-order chi connectivity index (χ1) is 14.9. The lowest BCUT2D eigenvalue weighted by Crippen LogP contribution is -2.48. The Morgan fingerprint density at radius 2 is 1.77 bits per heavy atom. The molecule has 3 rings (SSSR count). The van der Waals surface area contributed by atoms with Gasteiger partial charge in [-0.25, -0.2) is 0 Å². The van der Waals surface area contributed by atoms with Gasteiger partial charge in [0, 0.05) is 13.6 Å². The van der Waals surface area contributed by atoms with Crippen LogP contribution in [0.2, 0.25) is 0 Å². The fourth-order valence-corrected chi connectivity index (χ4v) is 3.87. The molecule has 0 unspecified atom stereocenters. The molecule has 0 fully saturated rings. The summed E-state index contributed by atoms with van der Waals surface area (Å²) in [4.78, 5) is 26.8. The molecule has 0 bridgehead atoms. The third-order valence-corrected chi connectivity index (χ3v) is 5.92. The zero-order valence-electron chi connectivity index (χ0n) is 17.7. The molecule has 31 heavy (non-hydrogen) atoms. The quantitative estimate of drug-likeness (QED) is 0.521. The molecular formula is C24H25BrN2O4. The van der Waals surface area contributed by atoms with E-state index in [0.29, 0.717) is 5.75 Å². The molecule has 162 valence electrons. The van der Waals surface area contributed by atoms with Gasteiger partial charge in [-0.15, -0.1) is 0 Å². The number of carbonyl (C=O) groups excluding carboxylic acids is 2. The molecule has 0 aliphatic carbocycles. The third kappa shape index (κ3) is 5.35. The highest BCUT2D eigenvalue weighted by atomic mass is 79.9. The van der Waals surface area contributed by atoms with E-state index in [4.69, 9.17) is 9.47 Å². The number of amides is 2. The van der Waals surface area contributed by atoms with Crippen molar-refractivity contribution in [3.8, 4) is 11.5 Å². The summed E-state index contributed by atoms with van der Waals surface area (Å²) in [5, 5.41) is 4.68. The van der Waals surface area contributed by atoms with Crippen molar-refractivity contribution in [1.29, 1.82) is 0 Å².